The van der Waals surface area contributed by atoms with Crippen molar-refractivity contribution < 1.29 is 14.3 Å². The van der Waals surface area contributed by atoms with Crippen LogP contribution in [0.5, 0.6) is 0 Å². The summed E-state index contributed by atoms with van der Waals surface area (Å²) in [5, 5.41) is 10.7. The van der Waals surface area contributed by atoms with Crippen molar-refractivity contribution in [2.24, 2.45) is 5.92 Å². The molecule has 2 aliphatic rings. The van der Waals surface area contributed by atoms with Gasteiger partial charge in [0.25, 0.3) is 0 Å². The number of fused-ring (bicyclic) bond motifs is 1. The zero-order valence-electron chi connectivity index (χ0n) is 17.3. The van der Waals surface area contributed by atoms with Crippen molar-refractivity contribution in [3.63, 3.8) is 0 Å². The van der Waals surface area contributed by atoms with Gasteiger partial charge in [-0.05, 0) is 62.0 Å². The molecule has 1 aliphatic carbocycles. The predicted octanol–water partition coefficient (Wildman–Crippen LogP) is 4.56. The van der Waals surface area contributed by atoms with Gasteiger partial charge < -0.3 is 5.11 Å². The monoisotopic (exact) mass is 427 g/mol. The van der Waals surface area contributed by atoms with Gasteiger partial charge in [-0.2, -0.15) is 0 Å². The van der Waals surface area contributed by atoms with Crippen LogP contribution in [-0.4, -0.2) is 53.5 Å². The highest BCUT2D eigenvalue weighted by Gasteiger charge is 2.35. The summed E-state index contributed by atoms with van der Waals surface area (Å²) in [6.45, 7) is 1.43. The van der Waals surface area contributed by atoms with Crippen LogP contribution >= 0.6 is 11.8 Å². The first-order valence-electron chi connectivity index (χ1n) is 11.0. The van der Waals surface area contributed by atoms with Gasteiger partial charge in [0.05, 0.1) is 12.8 Å². The van der Waals surface area contributed by atoms with E-state index in [2.05, 4.69) is 23.1 Å². The van der Waals surface area contributed by atoms with Crippen LogP contribution < -0.4 is 0 Å². The SMILES string of the molecule is O=C(c1ccc(SCCCF)cc1)C1CCN([C@@H]2Cc3ccccc3C[C@H]2O)CC1. The highest BCUT2D eigenvalue weighted by atomic mass is 32.2. The molecule has 3 nitrogen and oxygen atoms in total. The Balaban J connectivity index is 1.31. The van der Waals surface area contributed by atoms with E-state index in [1.807, 2.05) is 30.3 Å². The molecular formula is C25H30FNO2S. The number of benzene rings is 2. The molecule has 0 radical (unpaired) electrons. The smallest absolute Gasteiger partial charge is 0.166 e. The molecule has 1 saturated heterocycles. The molecule has 1 aliphatic heterocycles. The van der Waals surface area contributed by atoms with Crippen LogP contribution in [0.1, 0.15) is 40.7 Å². The van der Waals surface area contributed by atoms with E-state index in [0.717, 1.165) is 55.0 Å². The molecule has 0 spiro atoms. The zero-order chi connectivity index (χ0) is 20.9. The maximum absolute atomic E-state index is 13.0. The lowest BCUT2D eigenvalue weighted by Crippen LogP contribution is -2.51. The number of ketones is 1. The van der Waals surface area contributed by atoms with Gasteiger partial charge >= 0.3 is 0 Å². The highest BCUT2D eigenvalue weighted by molar-refractivity contribution is 7.99. The Morgan fingerprint density at radius 3 is 2.37 bits per heavy atom. The molecule has 5 heteroatoms. The van der Waals surface area contributed by atoms with E-state index >= 15 is 0 Å². The fourth-order valence-electron chi connectivity index (χ4n) is 4.74. The number of piperidine rings is 1. The van der Waals surface area contributed by atoms with Gasteiger partial charge in [-0.15, -0.1) is 11.8 Å². The summed E-state index contributed by atoms with van der Waals surface area (Å²) in [7, 11) is 0. The molecule has 0 bridgehead atoms. The Morgan fingerprint density at radius 2 is 1.70 bits per heavy atom. The van der Waals surface area contributed by atoms with E-state index in [-0.39, 0.29) is 30.5 Å². The van der Waals surface area contributed by atoms with Crippen LogP contribution in [-0.2, 0) is 12.8 Å². The zero-order valence-corrected chi connectivity index (χ0v) is 18.1. The highest BCUT2D eigenvalue weighted by Crippen LogP contribution is 2.30. The van der Waals surface area contributed by atoms with Gasteiger partial charge in [0.15, 0.2) is 5.78 Å². The number of halogens is 1. The third kappa shape index (κ3) is 4.96. The number of likely N-dealkylation sites (tertiary alicyclic amines) is 1. The van der Waals surface area contributed by atoms with Crippen molar-refractivity contribution in [2.75, 3.05) is 25.5 Å². The number of aliphatic hydroxyl groups excluding tert-OH is 1. The maximum Gasteiger partial charge on any atom is 0.166 e. The number of thioether (sulfide) groups is 1. The molecule has 30 heavy (non-hydrogen) atoms. The second kappa shape index (κ2) is 10.1. The normalized spacial score (nSPS) is 22.6. The minimum Gasteiger partial charge on any atom is -0.391 e. The van der Waals surface area contributed by atoms with E-state index in [1.165, 1.54) is 11.1 Å². The fraction of sp³-hybridized carbons (Fsp3) is 0.480. The largest absolute Gasteiger partial charge is 0.391 e. The Kier molecular flexibility index (Phi) is 7.24. The third-order valence-corrected chi connectivity index (χ3v) is 7.57. The first-order chi connectivity index (χ1) is 14.7. The lowest BCUT2D eigenvalue weighted by Gasteiger charge is -2.41. The van der Waals surface area contributed by atoms with Crippen LogP contribution in [0, 0.1) is 5.92 Å². The molecule has 4 rings (SSSR count). The lowest BCUT2D eigenvalue weighted by molar-refractivity contribution is 0.0239. The van der Waals surface area contributed by atoms with E-state index in [1.54, 1.807) is 11.8 Å². The summed E-state index contributed by atoms with van der Waals surface area (Å²) in [5.41, 5.74) is 3.38. The summed E-state index contributed by atoms with van der Waals surface area (Å²) in [6, 6.07) is 16.3. The van der Waals surface area contributed by atoms with Crippen LogP contribution in [0.4, 0.5) is 4.39 Å². The summed E-state index contributed by atoms with van der Waals surface area (Å²) < 4.78 is 12.2. The minimum atomic E-state index is -0.338. The topological polar surface area (TPSA) is 40.5 Å². The van der Waals surface area contributed by atoms with Crippen LogP contribution in [0.3, 0.4) is 0 Å². The van der Waals surface area contributed by atoms with E-state index < -0.39 is 0 Å². The molecule has 0 unspecified atom stereocenters. The molecule has 2 aromatic rings. The number of aliphatic hydroxyl groups is 1. The van der Waals surface area contributed by atoms with Gasteiger partial charge in [0.2, 0.25) is 0 Å². The molecule has 2 atom stereocenters. The molecule has 1 N–H and O–H groups in total. The van der Waals surface area contributed by atoms with Crippen LogP contribution in [0.15, 0.2) is 53.4 Å². The van der Waals surface area contributed by atoms with Crippen molar-refractivity contribution in [2.45, 2.75) is 49.1 Å². The number of hydrogen-bond donors (Lipinski definition) is 1. The number of Topliss-reactive ketones (excluding diaryl/α,β-unsaturated/α-hetero) is 1. The average molecular weight is 428 g/mol. The van der Waals surface area contributed by atoms with Crippen LogP contribution in [0.25, 0.3) is 0 Å². The first kappa shape index (κ1) is 21.5. The standard InChI is InChI=1S/C25H30FNO2S/c26-12-3-15-30-22-8-6-18(7-9-22)25(29)19-10-13-27(14-11-19)23-16-20-4-1-2-5-21(20)17-24(23)28/h1-2,4-9,19,23-24,28H,3,10-17H2/t23-,24-/m1/s1. The molecule has 0 saturated carbocycles. The molecule has 2 aromatic carbocycles. The van der Waals surface area contributed by atoms with Crippen molar-refractivity contribution in [3.8, 4) is 0 Å². The van der Waals surface area contributed by atoms with Gasteiger partial charge in [-0.1, -0.05) is 36.4 Å². The Bertz CT molecular complexity index is 848. The second-order valence-corrected chi connectivity index (χ2v) is 9.57. The first-order valence-corrected chi connectivity index (χ1v) is 12.0. The summed E-state index contributed by atoms with van der Waals surface area (Å²) in [6.07, 6.45) is 3.51. The minimum absolute atomic E-state index is 0.0549. The number of rotatable bonds is 7. The van der Waals surface area contributed by atoms with Gasteiger partial charge in [-0.3, -0.25) is 14.1 Å². The van der Waals surface area contributed by atoms with Gasteiger partial charge in [0, 0.05) is 34.6 Å². The number of alkyl halides is 1. The van der Waals surface area contributed by atoms with Gasteiger partial charge in [-0.25, -0.2) is 0 Å². The van der Waals surface area contributed by atoms with E-state index in [4.69, 9.17) is 0 Å². The quantitative estimate of drug-likeness (QED) is 0.399. The molecule has 0 aromatic heterocycles. The molecule has 0 amide bonds. The molecule has 1 heterocycles. The lowest BCUT2D eigenvalue weighted by atomic mass is 9.83. The maximum atomic E-state index is 13.0. The van der Waals surface area contributed by atoms with Crippen molar-refractivity contribution in [3.05, 3.63) is 65.2 Å². The Morgan fingerprint density at radius 1 is 1.03 bits per heavy atom. The number of carbonyl (C=O) groups excluding carboxylic acids is 1. The van der Waals surface area contributed by atoms with E-state index in [0.29, 0.717) is 6.42 Å². The summed E-state index contributed by atoms with van der Waals surface area (Å²) >= 11 is 1.63. The summed E-state index contributed by atoms with van der Waals surface area (Å²) in [4.78, 5) is 16.4. The van der Waals surface area contributed by atoms with Crippen LogP contribution in [0.2, 0.25) is 0 Å². The molecular weight excluding hydrogens is 397 g/mol. The number of hydrogen-bond acceptors (Lipinski definition) is 4. The number of carbonyl (C=O) groups is 1. The van der Waals surface area contributed by atoms with Crippen molar-refractivity contribution in [1.82, 2.24) is 4.90 Å². The van der Waals surface area contributed by atoms with Gasteiger partial charge in [0.1, 0.15) is 0 Å². The number of nitrogens with zero attached hydrogens (tertiary/aromatic N) is 1. The second-order valence-electron chi connectivity index (χ2n) is 8.40. The predicted molar refractivity (Wildman–Crippen MR) is 120 cm³/mol. The summed E-state index contributed by atoms with van der Waals surface area (Å²) in [5.74, 6) is 1.04. The van der Waals surface area contributed by atoms with Crippen molar-refractivity contribution in [1.29, 1.82) is 0 Å². The average Bonchev–Trinajstić information content (AvgIpc) is 2.79. The van der Waals surface area contributed by atoms with E-state index in [9.17, 15) is 14.3 Å². The molecule has 1 fully saturated rings. The Labute approximate surface area is 182 Å². The fourth-order valence-corrected chi connectivity index (χ4v) is 5.56. The third-order valence-electron chi connectivity index (χ3n) is 6.48. The van der Waals surface area contributed by atoms with Crippen molar-refractivity contribution >= 4 is 17.5 Å². The Hall–Kier alpha value is -1.69. The molecule has 160 valence electrons.